The summed E-state index contributed by atoms with van der Waals surface area (Å²) in [6, 6.07) is 22.6. The van der Waals surface area contributed by atoms with Gasteiger partial charge in [-0.3, -0.25) is 19.3 Å². The summed E-state index contributed by atoms with van der Waals surface area (Å²) in [4.78, 5) is 46.1. The Hall–Kier alpha value is -3.68. The number of likely N-dealkylation sites (tertiary alicyclic amines) is 1. The molecule has 34 heavy (non-hydrogen) atoms. The summed E-state index contributed by atoms with van der Waals surface area (Å²) in [7, 11) is 1.32. The van der Waals surface area contributed by atoms with Crippen molar-refractivity contribution in [3.63, 3.8) is 0 Å². The number of imide groups is 1. The van der Waals surface area contributed by atoms with Gasteiger partial charge in [-0.15, -0.1) is 0 Å². The van der Waals surface area contributed by atoms with E-state index in [0.717, 1.165) is 11.1 Å². The number of hydrogen-bond acceptors (Lipinski definition) is 6. The zero-order chi connectivity index (χ0) is 23.8. The Balaban J connectivity index is 1.52. The van der Waals surface area contributed by atoms with Gasteiger partial charge in [-0.25, -0.2) is 9.86 Å². The van der Waals surface area contributed by atoms with Gasteiger partial charge in [0.25, 0.3) is 5.91 Å². The SMILES string of the molecule is COC(=O)c1ccc([C@@H]2[C@@H]3C(=O)N(Cc4ccccc4)C(=O)[C@@H]3ON2c2ccc(Cl)cc2)cc1. The van der Waals surface area contributed by atoms with E-state index in [4.69, 9.17) is 21.2 Å². The Bertz CT molecular complexity index is 1230. The van der Waals surface area contributed by atoms with Gasteiger partial charge in [0.15, 0.2) is 6.10 Å². The number of rotatable bonds is 5. The highest BCUT2D eigenvalue weighted by Crippen LogP contribution is 2.47. The number of methoxy groups -OCH3 is 1. The van der Waals surface area contributed by atoms with Crippen LogP contribution >= 0.6 is 11.6 Å². The van der Waals surface area contributed by atoms with E-state index in [-0.39, 0.29) is 18.4 Å². The van der Waals surface area contributed by atoms with Crippen LogP contribution in [0.25, 0.3) is 0 Å². The topological polar surface area (TPSA) is 76.2 Å². The standard InChI is InChI=1S/C26H21ClN2O5/c1-33-26(32)18-9-7-17(8-10-18)22-21-23(34-29(22)20-13-11-19(27)12-14-20)25(31)28(24(21)30)15-16-5-3-2-4-6-16/h2-14,21-23H,15H2,1H3/t21-,22+,23+/m0/s1. The molecule has 0 radical (unpaired) electrons. The quantitative estimate of drug-likeness (QED) is 0.406. The molecule has 2 amide bonds. The lowest BCUT2D eigenvalue weighted by Gasteiger charge is -2.29. The summed E-state index contributed by atoms with van der Waals surface area (Å²) in [5, 5.41) is 2.15. The van der Waals surface area contributed by atoms with Crippen LogP contribution in [-0.4, -0.2) is 35.9 Å². The van der Waals surface area contributed by atoms with E-state index in [0.29, 0.717) is 16.3 Å². The largest absolute Gasteiger partial charge is 0.465 e. The van der Waals surface area contributed by atoms with E-state index in [1.807, 2.05) is 30.3 Å². The summed E-state index contributed by atoms with van der Waals surface area (Å²) in [6.45, 7) is 0.184. The second kappa shape index (κ2) is 8.93. The summed E-state index contributed by atoms with van der Waals surface area (Å²) >= 11 is 6.05. The molecule has 0 unspecified atom stereocenters. The number of halogens is 1. The molecule has 5 rings (SSSR count). The van der Waals surface area contributed by atoms with E-state index >= 15 is 0 Å². The molecule has 7 nitrogen and oxygen atoms in total. The van der Waals surface area contributed by atoms with Crippen LogP contribution in [0.3, 0.4) is 0 Å². The average molecular weight is 477 g/mol. The maximum Gasteiger partial charge on any atom is 0.337 e. The second-order valence-electron chi connectivity index (χ2n) is 8.16. The first-order chi connectivity index (χ1) is 16.5. The van der Waals surface area contributed by atoms with E-state index in [1.54, 1.807) is 53.6 Å². The minimum atomic E-state index is -0.947. The van der Waals surface area contributed by atoms with Gasteiger partial charge in [-0.05, 0) is 47.5 Å². The smallest absolute Gasteiger partial charge is 0.337 e. The Morgan fingerprint density at radius 2 is 1.62 bits per heavy atom. The summed E-state index contributed by atoms with van der Waals surface area (Å²) in [6.07, 6.45) is -0.947. The van der Waals surface area contributed by atoms with Gasteiger partial charge in [-0.2, -0.15) is 0 Å². The van der Waals surface area contributed by atoms with Crippen LogP contribution in [-0.2, 0) is 25.7 Å². The predicted octanol–water partition coefficient (Wildman–Crippen LogP) is 4.17. The van der Waals surface area contributed by atoms with Crippen molar-refractivity contribution < 1.29 is 24.0 Å². The third-order valence-electron chi connectivity index (χ3n) is 6.14. The first-order valence-electron chi connectivity index (χ1n) is 10.8. The minimum absolute atomic E-state index is 0.184. The fourth-order valence-electron chi connectivity index (χ4n) is 4.48. The van der Waals surface area contributed by atoms with Crippen LogP contribution in [0.15, 0.2) is 78.9 Å². The maximum atomic E-state index is 13.5. The van der Waals surface area contributed by atoms with Gasteiger partial charge in [0.2, 0.25) is 5.91 Å². The molecule has 8 heteroatoms. The molecular weight excluding hydrogens is 456 g/mol. The maximum absolute atomic E-state index is 13.5. The molecule has 0 aliphatic carbocycles. The Morgan fingerprint density at radius 1 is 0.941 bits per heavy atom. The number of carbonyl (C=O) groups excluding carboxylic acids is 3. The molecule has 2 aliphatic rings. The van der Waals surface area contributed by atoms with Crippen LogP contribution in [0.2, 0.25) is 5.02 Å². The molecule has 0 N–H and O–H groups in total. The number of hydroxylamine groups is 1. The highest BCUT2D eigenvalue weighted by atomic mass is 35.5. The number of amides is 2. The molecule has 2 saturated heterocycles. The van der Waals surface area contributed by atoms with Gasteiger partial charge >= 0.3 is 5.97 Å². The Labute approximate surface area is 201 Å². The molecule has 3 aromatic rings. The van der Waals surface area contributed by atoms with Crippen molar-refractivity contribution in [3.05, 3.63) is 101 Å². The number of benzene rings is 3. The lowest BCUT2D eigenvalue weighted by atomic mass is 9.90. The van der Waals surface area contributed by atoms with E-state index in [9.17, 15) is 14.4 Å². The van der Waals surface area contributed by atoms with Crippen molar-refractivity contribution in [1.82, 2.24) is 4.90 Å². The number of esters is 1. The zero-order valence-electron chi connectivity index (χ0n) is 18.3. The molecule has 3 aromatic carbocycles. The molecule has 2 fully saturated rings. The average Bonchev–Trinajstić information content (AvgIpc) is 3.37. The van der Waals surface area contributed by atoms with Gasteiger partial charge in [0, 0.05) is 5.02 Å². The van der Waals surface area contributed by atoms with Crippen molar-refractivity contribution in [1.29, 1.82) is 0 Å². The highest BCUT2D eigenvalue weighted by Gasteiger charge is 2.59. The lowest BCUT2D eigenvalue weighted by Crippen LogP contribution is -2.36. The highest BCUT2D eigenvalue weighted by molar-refractivity contribution is 6.30. The summed E-state index contributed by atoms with van der Waals surface area (Å²) in [5.74, 6) is -1.86. The second-order valence-corrected chi connectivity index (χ2v) is 8.60. The van der Waals surface area contributed by atoms with Crippen molar-refractivity contribution in [2.24, 2.45) is 5.92 Å². The first kappa shape index (κ1) is 22.1. The molecule has 172 valence electrons. The van der Waals surface area contributed by atoms with Crippen molar-refractivity contribution >= 4 is 35.1 Å². The van der Waals surface area contributed by atoms with E-state index < -0.39 is 24.0 Å². The zero-order valence-corrected chi connectivity index (χ0v) is 19.0. The number of fused-ring (bicyclic) bond motifs is 1. The van der Waals surface area contributed by atoms with Gasteiger partial charge in [0.05, 0.1) is 30.9 Å². The Morgan fingerprint density at radius 3 is 2.26 bits per heavy atom. The first-order valence-corrected chi connectivity index (χ1v) is 11.1. The van der Waals surface area contributed by atoms with Gasteiger partial charge < -0.3 is 4.74 Å². The van der Waals surface area contributed by atoms with Crippen LogP contribution in [0.1, 0.15) is 27.5 Å². The fraction of sp³-hybridized carbons (Fsp3) is 0.192. The fourth-order valence-corrected chi connectivity index (χ4v) is 4.60. The summed E-state index contributed by atoms with van der Waals surface area (Å²) < 4.78 is 4.78. The molecule has 0 bridgehead atoms. The number of nitrogens with zero attached hydrogens (tertiary/aromatic N) is 2. The molecule has 2 aliphatic heterocycles. The van der Waals surface area contributed by atoms with Crippen LogP contribution in [0, 0.1) is 5.92 Å². The molecule has 0 spiro atoms. The Kier molecular flexibility index (Phi) is 5.81. The van der Waals surface area contributed by atoms with Gasteiger partial charge in [0.1, 0.15) is 5.92 Å². The molecule has 3 atom stereocenters. The number of ether oxygens (including phenoxy) is 1. The van der Waals surface area contributed by atoms with Crippen LogP contribution < -0.4 is 5.06 Å². The number of carbonyl (C=O) groups is 3. The molecule has 0 aromatic heterocycles. The van der Waals surface area contributed by atoms with Crippen molar-refractivity contribution in [2.45, 2.75) is 18.7 Å². The predicted molar refractivity (Wildman–Crippen MR) is 125 cm³/mol. The molecule has 2 heterocycles. The number of hydrogen-bond donors (Lipinski definition) is 0. The minimum Gasteiger partial charge on any atom is -0.465 e. The van der Waals surface area contributed by atoms with Crippen LogP contribution in [0.4, 0.5) is 5.69 Å². The molecule has 0 saturated carbocycles. The van der Waals surface area contributed by atoms with Crippen LogP contribution in [0.5, 0.6) is 0 Å². The lowest BCUT2D eigenvalue weighted by molar-refractivity contribution is -0.143. The third kappa shape index (κ3) is 3.83. The van der Waals surface area contributed by atoms with E-state index in [2.05, 4.69) is 0 Å². The number of anilines is 1. The van der Waals surface area contributed by atoms with Crippen molar-refractivity contribution in [2.75, 3.05) is 12.2 Å². The third-order valence-corrected chi connectivity index (χ3v) is 6.40. The van der Waals surface area contributed by atoms with E-state index in [1.165, 1.54) is 12.0 Å². The van der Waals surface area contributed by atoms with Crippen molar-refractivity contribution in [3.8, 4) is 0 Å². The summed E-state index contributed by atoms with van der Waals surface area (Å²) in [5.41, 5.74) is 2.64. The monoisotopic (exact) mass is 476 g/mol. The normalized spacial score (nSPS) is 21.6. The van der Waals surface area contributed by atoms with Gasteiger partial charge in [-0.1, -0.05) is 54.1 Å². The molecular formula is C26H21ClN2O5.